The van der Waals surface area contributed by atoms with Crippen molar-refractivity contribution in [2.75, 3.05) is 0 Å². The van der Waals surface area contributed by atoms with Crippen molar-refractivity contribution in [1.29, 1.82) is 0 Å². The van der Waals surface area contributed by atoms with Crippen LogP contribution in [-0.2, 0) is 10.3 Å². The highest BCUT2D eigenvalue weighted by molar-refractivity contribution is 6.20. The normalized spacial score (nSPS) is 23.8. The molecule has 0 aromatic heterocycles. The fourth-order valence-electron chi connectivity index (χ4n) is 4.93. The number of Topliss-reactive ketones (excluding diaryl/α,β-unsaturated/α-hetero) is 1. The topological polar surface area (TPSA) is 26.3 Å². The van der Waals surface area contributed by atoms with Gasteiger partial charge in [0, 0.05) is 16.7 Å². The Morgan fingerprint density at radius 3 is 2.23 bits per heavy atom. The maximum Gasteiger partial charge on any atom is 0.200 e. The first-order valence-electron chi connectivity index (χ1n) is 10.2. The summed E-state index contributed by atoms with van der Waals surface area (Å²) in [5, 5.41) is 2.09. The smallest absolute Gasteiger partial charge is 0.200 e. The van der Waals surface area contributed by atoms with E-state index in [4.69, 9.17) is 4.74 Å². The highest BCUT2D eigenvalue weighted by atomic mass is 16.5. The predicted octanol–water partition coefficient (Wildman–Crippen LogP) is 5.47. The van der Waals surface area contributed by atoms with Gasteiger partial charge in [-0.1, -0.05) is 96.8 Å². The molecule has 4 aromatic carbocycles. The molecule has 2 heteroatoms. The molecule has 1 aliphatic heterocycles. The highest BCUT2D eigenvalue weighted by Crippen LogP contribution is 2.59. The van der Waals surface area contributed by atoms with Gasteiger partial charge in [0.25, 0.3) is 0 Å². The fourth-order valence-corrected chi connectivity index (χ4v) is 4.93. The third-order valence-electron chi connectivity index (χ3n) is 6.23. The molecule has 1 spiro atoms. The van der Waals surface area contributed by atoms with Crippen molar-refractivity contribution in [2.24, 2.45) is 0 Å². The summed E-state index contributed by atoms with van der Waals surface area (Å²) >= 11 is 0. The molecule has 1 fully saturated rings. The molecule has 0 bridgehead atoms. The van der Waals surface area contributed by atoms with Gasteiger partial charge in [0.05, 0.1) is 5.92 Å². The monoisotopic (exact) mass is 386 g/mol. The second kappa shape index (κ2) is 6.42. The second-order valence-electron chi connectivity index (χ2n) is 7.84. The van der Waals surface area contributed by atoms with Crippen LogP contribution in [0.3, 0.4) is 0 Å². The summed E-state index contributed by atoms with van der Waals surface area (Å²) in [6, 6.07) is 32.1. The maximum atomic E-state index is 13.7. The molecule has 1 heterocycles. The Bertz CT molecular complexity index is 1340. The zero-order valence-electron chi connectivity index (χ0n) is 16.2. The summed E-state index contributed by atoms with van der Waals surface area (Å²) in [7, 11) is 0. The van der Waals surface area contributed by atoms with Crippen LogP contribution in [0.1, 0.15) is 33.0 Å². The van der Waals surface area contributed by atoms with Gasteiger partial charge in [-0.25, -0.2) is 0 Å². The van der Waals surface area contributed by atoms with E-state index in [1.54, 1.807) is 0 Å². The van der Waals surface area contributed by atoms with Gasteiger partial charge >= 0.3 is 0 Å². The molecular weight excluding hydrogens is 368 g/mol. The molecule has 6 rings (SSSR count). The van der Waals surface area contributed by atoms with E-state index >= 15 is 0 Å². The minimum Gasteiger partial charge on any atom is -0.344 e. The molecular formula is C28H18O2. The van der Waals surface area contributed by atoms with Crippen molar-refractivity contribution in [1.82, 2.24) is 0 Å². The van der Waals surface area contributed by atoms with Crippen LogP contribution in [0.25, 0.3) is 10.8 Å². The average molecular weight is 386 g/mol. The van der Waals surface area contributed by atoms with Crippen molar-refractivity contribution in [3.8, 4) is 11.8 Å². The standard InChI is InChI=1S/C28H18O2/c29-27-22-15-7-13-20-14-8-16-23(25(20)22)28(27)26(21-11-5-2-6-12-21)24(30-28)18-17-19-9-3-1-4-10-19/h1-16,24,26H. The van der Waals surface area contributed by atoms with Gasteiger partial charge in [0.1, 0.15) is 6.10 Å². The summed E-state index contributed by atoms with van der Waals surface area (Å²) in [6.45, 7) is 0. The average Bonchev–Trinajstić information content (AvgIpc) is 3.04. The fraction of sp³-hybridized carbons (Fsp3) is 0.107. The van der Waals surface area contributed by atoms with Crippen LogP contribution in [0.2, 0.25) is 0 Å². The van der Waals surface area contributed by atoms with Crippen molar-refractivity contribution < 1.29 is 9.53 Å². The van der Waals surface area contributed by atoms with Gasteiger partial charge < -0.3 is 4.74 Å². The molecule has 0 amide bonds. The minimum atomic E-state index is -0.999. The Morgan fingerprint density at radius 2 is 1.47 bits per heavy atom. The molecule has 2 nitrogen and oxygen atoms in total. The van der Waals surface area contributed by atoms with E-state index < -0.39 is 5.60 Å². The largest absolute Gasteiger partial charge is 0.344 e. The molecule has 0 radical (unpaired) electrons. The summed E-state index contributed by atoms with van der Waals surface area (Å²) in [5.41, 5.74) is 2.73. The molecule has 0 N–H and O–H groups in total. The molecule has 1 saturated heterocycles. The first-order chi connectivity index (χ1) is 14.8. The van der Waals surface area contributed by atoms with E-state index in [1.165, 1.54) is 0 Å². The third-order valence-corrected chi connectivity index (χ3v) is 6.23. The molecule has 30 heavy (non-hydrogen) atoms. The molecule has 0 saturated carbocycles. The number of ketones is 1. The summed E-state index contributed by atoms with van der Waals surface area (Å²) in [4.78, 5) is 13.7. The zero-order chi connectivity index (χ0) is 20.1. The lowest BCUT2D eigenvalue weighted by Crippen LogP contribution is -2.58. The number of hydrogen-bond acceptors (Lipinski definition) is 2. The summed E-state index contributed by atoms with van der Waals surface area (Å²) in [6.07, 6.45) is -0.346. The van der Waals surface area contributed by atoms with Crippen LogP contribution in [0, 0.1) is 11.8 Å². The number of benzene rings is 4. The van der Waals surface area contributed by atoms with Gasteiger partial charge in [-0.05, 0) is 28.5 Å². The SMILES string of the molecule is O=C1c2cccc3cccc(c23)C12OC(C#Cc1ccccc1)C2c1ccccc1. The Morgan fingerprint density at radius 1 is 0.767 bits per heavy atom. The van der Waals surface area contributed by atoms with Gasteiger partial charge in [-0.3, -0.25) is 4.79 Å². The van der Waals surface area contributed by atoms with Crippen LogP contribution in [0.15, 0.2) is 97.1 Å². The van der Waals surface area contributed by atoms with Crippen LogP contribution < -0.4 is 0 Å². The Balaban J connectivity index is 1.51. The van der Waals surface area contributed by atoms with Crippen LogP contribution >= 0.6 is 0 Å². The number of rotatable bonds is 1. The van der Waals surface area contributed by atoms with Gasteiger partial charge in [0.15, 0.2) is 5.60 Å². The molecule has 2 aliphatic rings. The lowest BCUT2D eigenvalue weighted by atomic mass is 9.68. The molecule has 3 atom stereocenters. The quantitative estimate of drug-likeness (QED) is 0.406. The van der Waals surface area contributed by atoms with Crippen LogP contribution in [-0.4, -0.2) is 11.9 Å². The van der Waals surface area contributed by atoms with Gasteiger partial charge in [0.2, 0.25) is 5.78 Å². The summed E-state index contributed by atoms with van der Waals surface area (Å²) in [5.74, 6) is 6.41. The van der Waals surface area contributed by atoms with E-state index in [2.05, 4.69) is 36.1 Å². The predicted molar refractivity (Wildman–Crippen MR) is 117 cm³/mol. The lowest BCUT2D eigenvalue weighted by molar-refractivity contribution is -0.177. The first kappa shape index (κ1) is 17.2. The van der Waals surface area contributed by atoms with Crippen molar-refractivity contribution in [2.45, 2.75) is 17.6 Å². The van der Waals surface area contributed by atoms with Crippen molar-refractivity contribution in [3.05, 3.63) is 119 Å². The number of carbonyl (C=O) groups excluding carboxylic acids is 1. The Kier molecular flexibility index (Phi) is 3.68. The van der Waals surface area contributed by atoms with Crippen LogP contribution in [0.5, 0.6) is 0 Å². The van der Waals surface area contributed by atoms with Crippen molar-refractivity contribution >= 4 is 16.6 Å². The first-order valence-corrected chi connectivity index (χ1v) is 10.2. The van der Waals surface area contributed by atoms with E-state index in [0.717, 1.165) is 33.0 Å². The number of hydrogen-bond donors (Lipinski definition) is 0. The van der Waals surface area contributed by atoms with E-state index in [1.807, 2.05) is 72.8 Å². The zero-order valence-corrected chi connectivity index (χ0v) is 16.2. The van der Waals surface area contributed by atoms with Crippen LogP contribution in [0.4, 0.5) is 0 Å². The minimum absolute atomic E-state index is 0.0425. The van der Waals surface area contributed by atoms with E-state index in [0.29, 0.717) is 0 Å². The third kappa shape index (κ3) is 2.27. The highest BCUT2D eigenvalue weighted by Gasteiger charge is 2.64. The van der Waals surface area contributed by atoms with E-state index in [-0.39, 0.29) is 17.8 Å². The summed E-state index contributed by atoms with van der Waals surface area (Å²) < 4.78 is 6.44. The Labute approximate surface area is 175 Å². The number of carbonyl (C=O) groups is 1. The number of fused-ring (bicyclic) bond motifs is 1. The maximum absolute atomic E-state index is 13.7. The lowest BCUT2D eigenvalue weighted by Gasteiger charge is -2.50. The molecule has 4 aromatic rings. The Hall–Kier alpha value is -3.67. The number of ether oxygens (including phenoxy) is 1. The second-order valence-corrected chi connectivity index (χ2v) is 7.84. The van der Waals surface area contributed by atoms with E-state index in [9.17, 15) is 4.79 Å². The van der Waals surface area contributed by atoms with Crippen molar-refractivity contribution in [3.63, 3.8) is 0 Å². The molecule has 142 valence electrons. The molecule has 1 aliphatic carbocycles. The van der Waals surface area contributed by atoms with Gasteiger partial charge in [-0.2, -0.15) is 0 Å². The molecule has 3 unspecified atom stereocenters. The van der Waals surface area contributed by atoms with Gasteiger partial charge in [-0.15, -0.1) is 0 Å².